The van der Waals surface area contributed by atoms with Crippen LogP contribution in [0, 0.1) is 0 Å². The molecule has 6 N–H and O–H groups in total. The summed E-state index contributed by atoms with van der Waals surface area (Å²) in [5.74, 6) is -1.92. The van der Waals surface area contributed by atoms with Gasteiger partial charge in [-0.15, -0.1) is 0 Å². The summed E-state index contributed by atoms with van der Waals surface area (Å²) in [6, 6.07) is 15.8. The number of hydrogen-bond donors (Lipinski definition) is 4. The van der Waals surface area contributed by atoms with Gasteiger partial charge in [-0.05, 0) is 62.7 Å². The summed E-state index contributed by atoms with van der Waals surface area (Å²) < 4.78 is 15.5. The van der Waals surface area contributed by atoms with Crippen molar-refractivity contribution in [3.8, 4) is 0 Å². The van der Waals surface area contributed by atoms with E-state index in [0.29, 0.717) is 38.8 Å². The van der Waals surface area contributed by atoms with Gasteiger partial charge in [-0.25, -0.2) is 19.2 Å². The number of unbranched alkanes of at least 4 members (excludes halogenated alkanes) is 2. The monoisotopic (exact) mass is 542 g/mol. The van der Waals surface area contributed by atoms with Crippen LogP contribution in [0.1, 0.15) is 49.7 Å². The number of nitrogens with one attached hydrogen (secondary N) is 2. The smallest absolute Gasteiger partial charge is 0.408 e. The molecule has 0 spiro atoms. The van der Waals surface area contributed by atoms with Crippen molar-refractivity contribution in [2.45, 2.75) is 63.8 Å². The molecule has 0 aliphatic heterocycles. The number of benzene rings is 2. The number of carbonyl (C=O) groups is 4. The van der Waals surface area contributed by atoms with E-state index in [-0.39, 0.29) is 26.1 Å². The van der Waals surface area contributed by atoms with E-state index in [1.807, 2.05) is 36.4 Å². The second kappa shape index (κ2) is 18.3. The molecule has 0 radical (unpaired) electrons. The van der Waals surface area contributed by atoms with Crippen molar-refractivity contribution in [1.29, 1.82) is 0 Å². The third-order valence-corrected chi connectivity index (χ3v) is 5.67. The highest BCUT2D eigenvalue weighted by atomic mass is 16.6. The second-order valence-electron chi connectivity index (χ2n) is 8.83. The Balaban J connectivity index is 1.97. The number of amides is 2. The highest BCUT2D eigenvalue weighted by molar-refractivity contribution is 5.93. The fraction of sp³-hybridized carbons (Fsp3) is 0.429. The molecule has 0 bridgehead atoms. The topological polar surface area (TPSA) is 172 Å². The zero-order valence-corrected chi connectivity index (χ0v) is 22.0. The van der Waals surface area contributed by atoms with Crippen molar-refractivity contribution in [2.24, 2.45) is 11.5 Å². The minimum atomic E-state index is -1.14. The van der Waals surface area contributed by atoms with Gasteiger partial charge in [-0.1, -0.05) is 60.7 Å². The first-order valence-electron chi connectivity index (χ1n) is 13.0. The van der Waals surface area contributed by atoms with Crippen molar-refractivity contribution in [3.63, 3.8) is 0 Å². The maximum Gasteiger partial charge on any atom is 0.408 e. The van der Waals surface area contributed by atoms with E-state index in [1.165, 1.54) is 0 Å². The van der Waals surface area contributed by atoms with Gasteiger partial charge in [0.2, 0.25) is 0 Å². The summed E-state index contributed by atoms with van der Waals surface area (Å²) >= 11 is 0. The molecule has 0 saturated carbocycles. The van der Waals surface area contributed by atoms with Gasteiger partial charge in [0.15, 0.2) is 0 Å². The van der Waals surface area contributed by atoms with Crippen molar-refractivity contribution in [2.75, 3.05) is 13.1 Å². The van der Waals surface area contributed by atoms with E-state index in [0.717, 1.165) is 11.1 Å². The van der Waals surface area contributed by atoms with Crippen LogP contribution in [0.2, 0.25) is 0 Å². The molecular weight excluding hydrogens is 504 g/mol. The van der Waals surface area contributed by atoms with Crippen LogP contribution in [0.5, 0.6) is 0 Å². The Morgan fingerprint density at radius 3 is 1.36 bits per heavy atom. The standard InChI is InChI=1S/C28H38N4O7/c29-17-9-7-15-23(31-27(35)37-19-21-11-3-1-4-12-21)25(33)39-26(34)24(16-8-10-18-30)32-28(36)38-20-22-13-5-2-6-14-22/h1-6,11-14,23-24H,7-10,15-20,29-30H2,(H,31,35)(H,32,36). The number of hydrogen-bond acceptors (Lipinski definition) is 9. The van der Waals surface area contributed by atoms with E-state index in [2.05, 4.69) is 10.6 Å². The van der Waals surface area contributed by atoms with Crippen LogP contribution in [0.4, 0.5) is 9.59 Å². The van der Waals surface area contributed by atoms with Gasteiger partial charge >= 0.3 is 24.1 Å². The van der Waals surface area contributed by atoms with E-state index >= 15 is 0 Å². The highest BCUT2D eigenvalue weighted by Gasteiger charge is 2.30. The third-order valence-electron chi connectivity index (χ3n) is 5.67. The number of carbonyl (C=O) groups excluding carboxylic acids is 4. The Labute approximate surface area is 228 Å². The fourth-order valence-electron chi connectivity index (χ4n) is 3.54. The Bertz CT molecular complexity index is 940. The molecule has 0 aliphatic rings. The van der Waals surface area contributed by atoms with Crippen LogP contribution in [0.25, 0.3) is 0 Å². The van der Waals surface area contributed by atoms with Crippen molar-refractivity contribution in [3.05, 3.63) is 71.8 Å². The number of ether oxygens (including phenoxy) is 3. The zero-order valence-electron chi connectivity index (χ0n) is 22.0. The quantitative estimate of drug-likeness (QED) is 0.108. The lowest BCUT2D eigenvalue weighted by molar-refractivity contribution is -0.162. The Morgan fingerprint density at radius 1 is 0.615 bits per heavy atom. The van der Waals surface area contributed by atoms with Crippen LogP contribution in [-0.2, 0) is 37.0 Å². The molecule has 0 saturated heterocycles. The van der Waals surface area contributed by atoms with Crippen LogP contribution < -0.4 is 22.1 Å². The lowest BCUT2D eigenvalue weighted by Crippen LogP contribution is -2.47. The summed E-state index contributed by atoms with van der Waals surface area (Å²) in [4.78, 5) is 50.5. The summed E-state index contributed by atoms with van der Waals surface area (Å²) in [5.41, 5.74) is 12.6. The average molecular weight is 543 g/mol. The first-order chi connectivity index (χ1) is 18.9. The van der Waals surface area contributed by atoms with Crippen LogP contribution in [-0.4, -0.2) is 49.3 Å². The van der Waals surface area contributed by atoms with Gasteiger partial charge in [-0.2, -0.15) is 0 Å². The molecule has 2 unspecified atom stereocenters. The molecule has 0 fully saturated rings. The number of nitrogens with two attached hydrogens (primary N) is 2. The lowest BCUT2D eigenvalue weighted by Gasteiger charge is -2.20. The maximum absolute atomic E-state index is 12.9. The third kappa shape index (κ3) is 12.9. The van der Waals surface area contributed by atoms with Gasteiger partial charge in [0.1, 0.15) is 25.3 Å². The van der Waals surface area contributed by atoms with Crippen LogP contribution in [0.3, 0.4) is 0 Å². The van der Waals surface area contributed by atoms with Crippen molar-refractivity contribution in [1.82, 2.24) is 10.6 Å². The van der Waals surface area contributed by atoms with Gasteiger partial charge in [0.25, 0.3) is 0 Å². The highest BCUT2D eigenvalue weighted by Crippen LogP contribution is 2.09. The molecule has 0 aliphatic carbocycles. The van der Waals surface area contributed by atoms with E-state index in [1.54, 1.807) is 24.3 Å². The first kappa shape index (κ1) is 31.3. The van der Waals surface area contributed by atoms with Gasteiger partial charge in [0.05, 0.1) is 0 Å². The largest absolute Gasteiger partial charge is 0.445 e. The molecule has 2 aromatic rings. The molecule has 11 nitrogen and oxygen atoms in total. The predicted octanol–water partition coefficient (Wildman–Crippen LogP) is 2.90. The first-order valence-corrected chi connectivity index (χ1v) is 13.0. The molecule has 2 atom stereocenters. The summed E-state index contributed by atoms with van der Waals surface area (Å²) in [6.07, 6.45) is 0.943. The molecule has 39 heavy (non-hydrogen) atoms. The predicted molar refractivity (Wildman–Crippen MR) is 144 cm³/mol. The molecular formula is C28H38N4O7. The maximum atomic E-state index is 12.9. The number of alkyl carbamates (subject to hydrolysis) is 2. The molecule has 2 rings (SSSR count). The van der Waals surface area contributed by atoms with Gasteiger partial charge in [0, 0.05) is 0 Å². The van der Waals surface area contributed by atoms with Crippen molar-refractivity contribution >= 4 is 24.1 Å². The van der Waals surface area contributed by atoms with Gasteiger partial charge in [-0.3, -0.25) is 0 Å². The molecule has 0 aromatic heterocycles. The SMILES string of the molecule is NCCCCC(NC(=O)OCc1ccccc1)C(=O)OC(=O)C(CCCCN)NC(=O)OCc1ccccc1. The molecule has 2 aromatic carbocycles. The van der Waals surface area contributed by atoms with E-state index < -0.39 is 36.2 Å². The fourth-order valence-corrected chi connectivity index (χ4v) is 3.54. The minimum absolute atomic E-state index is 0.00833. The molecule has 2 amide bonds. The van der Waals surface area contributed by atoms with Crippen molar-refractivity contribution < 1.29 is 33.4 Å². The number of rotatable bonds is 16. The Morgan fingerprint density at radius 2 is 1.00 bits per heavy atom. The molecule has 212 valence electrons. The second-order valence-corrected chi connectivity index (χ2v) is 8.83. The number of esters is 2. The average Bonchev–Trinajstić information content (AvgIpc) is 2.95. The van der Waals surface area contributed by atoms with E-state index in [9.17, 15) is 19.2 Å². The normalized spacial score (nSPS) is 12.1. The van der Waals surface area contributed by atoms with Crippen LogP contribution >= 0.6 is 0 Å². The molecule has 11 heteroatoms. The summed E-state index contributed by atoms with van der Waals surface area (Å²) in [5, 5.41) is 4.93. The summed E-state index contributed by atoms with van der Waals surface area (Å²) in [6.45, 7) is 0.817. The lowest BCUT2D eigenvalue weighted by atomic mass is 10.1. The minimum Gasteiger partial charge on any atom is -0.445 e. The zero-order chi connectivity index (χ0) is 28.3. The summed E-state index contributed by atoms with van der Waals surface area (Å²) in [7, 11) is 0. The Kier molecular flexibility index (Phi) is 14.7. The van der Waals surface area contributed by atoms with Gasteiger partial charge < -0.3 is 36.3 Å². The molecule has 0 heterocycles. The Hall–Kier alpha value is -3.96. The van der Waals surface area contributed by atoms with Crippen LogP contribution in [0.15, 0.2) is 60.7 Å². The van der Waals surface area contributed by atoms with E-state index in [4.69, 9.17) is 25.7 Å².